The molecule has 0 fully saturated rings. The van der Waals surface area contributed by atoms with E-state index in [-0.39, 0.29) is 12.5 Å². The van der Waals surface area contributed by atoms with Crippen LogP contribution in [0.15, 0.2) is 60.9 Å². The molecule has 0 unspecified atom stereocenters. The maximum Gasteiger partial charge on any atom is 0.253 e. The van der Waals surface area contributed by atoms with Gasteiger partial charge < -0.3 is 14.8 Å². The molecule has 0 radical (unpaired) electrons. The second kappa shape index (κ2) is 9.63. The molecule has 178 valence electrons. The zero-order valence-electron chi connectivity index (χ0n) is 18.7. The van der Waals surface area contributed by atoms with Gasteiger partial charge in [0.05, 0.1) is 46.7 Å². The molecule has 4 aromatic rings. The van der Waals surface area contributed by atoms with E-state index in [4.69, 9.17) is 21.1 Å². The van der Waals surface area contributed by atoms with Gasteiger partial charge in [0.1, 0.15) is 12.4 Å². The number of anilines is 1. The largest absolute Gasteiger partial charge is 0.493 e. The molecule has 0 aliphatic carbocycles. The van der Waals surface area contributed by atoms with Gasteiger partial charge in [-0.05, 0) is 36.4 Å². The predicted molar refractivity (Wildman–Crippen MR) is 129 cm³/mol. The standard InChI is InChI=1S/C25H21ClFN5O3/c1-34-24-18(26)5-3-6-19(24)31-32-20-9-11-29-25(33)17(20)12-21(32)16-8-10-28-13-22(16)35-14-15-4-2-7-23(27)30-15/h2-8,10,12-13,31H,9,11,14H2,1H3,(H,29,33). The molecule has 5 rings (SSSR count). The van der Waals surface area contributed by atoms with Crippen molar-refractivity contribution in [2.45, 2.75) is 13.0 Å². The van der Waals surface area contributed by atoms with Crippen molar-refractivity contribution in [2.75, 3.05) is 19.1 Å². The van der Waals surface area contributed by atoms with E-state index < -0.39 is 5.95 Å². The minimum Gasteiger partial charge on any atom is -0.493 e. The molecule has 4 heterocycles. The average Bonchev–Trinajstić information content (AvgIpc) is 3.22. The van der Waals surface area contributed by atoms with Crippen LogP contribution in [0, 0.1) is 5.95 Å². The van der Waals surface area contributed by atoms with Gasteiger partial charge in [0.25, 0.3) is 5.91 Å². The lowest BCUT2D eigenvalue weighted by molar-refractivity contribution is 0.0945. The highest BCUT2D eigenvalue weighted by molar-refractivity contribution is 6.32. The highest BCUT2D eigenvalue weighted by Gasteiger charge is 2.26. The van der Waals surface area contributed by atoms with Crippen LogP contribution in [0.2, 0.25) is 5.02 Å². The molecule has 3 aromatic heterocycles. The Kier molecular flexibility index (Phi) is 6.24. The number of para-hydroxylation sites is 1. The SMILES string of the molecule is COc1c(Cl)cccc1Nn1c(-c2ccncc2OCc2cccc(F)n2)cc2c1CCNC2=O. The number of ether oxygens (including phenoxy) is 2. The zero-order chi connectivity index (χ0) is 24.4. The molecule has 1 aliphatic rings. The number of amides is 1. The second-order valence-electron chi connectivity index (χ2n) is 7.78. The van der Waals surface area contributed by atoms with Crippen LogP contribution in [0.4, 0.5) is 10.1 Å². The maximum absolute atomic E-state index is 13.5. The number of nitrogens with one attached hydrogen (secondary N) is 2. The molecule has 35 heavy (non-hydrogen) atoms. The molecule has 8 nitrogen and oxygen atoms in total. The summed E-state index contributed by atoms with van der Waals surface area (Å²) in [4.78, 5) is 20.7. The van der Waals surface area contributed by atoms with Gasteiger partial charge in [-0.15, -0.1) is 0 Å². The number of hydrogen-bond donors (Lipinski definition) is 2. The minimum absolute atomic E-state index is 0.0485. The Morgan fingerprint density at radius 3 is 2.89 bits per heavy atom. The Morgan fingerprint density at radius 2 is 2.06 bits per heavy atom. The third-order valence-corrected chi connectivity index (χ3v) is 5.90. The monoisotopic (exact) mass is 493 g/mol. The highest BCUT2D eigenvalue weighted by atomic mass is 35.5. The normalized spacial score (nSPS) is 12.6. The van der Waals surface area contributed by atoms with E-state index in [1.807, 2.05) is 16.8 Å². The summed E-state index contributed by atoms with van der Waals surface area (Å²) in [5.74, 6) is 0.192. The van der Waals surface area contributed by atoms with Gasteiger partial charge in [0, 0.05) is 24.7 Å². The minimum atomic E-state index is -0.579. The number of aromatic nitrogens is 3. The predicted octanol–water partition coefficient (Wildman–Crippen LogP) is 4.49. The van der Waals surface area contributed by atoms with E-state index in [9.17, 15) is 9.18 Å². The van der Waals surface area contributed by atoms with Crippen LogP contribution in [0.25, 0.3) is 11.3 Å². The molecular formula is C25H21ClFN5O3. The lowest BCUT2D eigenvalue weighted by Gasteiger charge is -2.21. The number of carbonyl (C=O) groups excluding carboxylic acids is 1. The van der Waals surface area contributed by atoms with E-state index in [0.717, 1.165) is 5.69 Å². The molecule has 1 aliphatic heterocycles. The second-order valence-corrected chi connectivity index (χ2v) is 8.18. The van der Waals surface area contributed by atoms with E-state index in [2.05, 4.69) is 20.7 Å². The molecule has 2 N–H and O–H groups in total. The first kappa shape index (κ1) is 22.7. The number of hydrogen-bond acceptors (Lipinski definition) is 6. The zero-order valence-corrected chi connectivity index (χ0v) is 19.5. The molecule has 0 atom stereocenters. The van der Waals surface area contributed by atoms with Crippen molar-refractivity contribution in [1.29, 1.82) is 0 Å². The van der Waals surface area contributed by atoms with Gasteiger partial charge in [-0.1, -0.05) is 23.7 Å². The number of methoxy groups -OCH3 is 1. The summed E-state index contributed by atoms with van der Waals surface area (Å²) in [5.41, 5.74) is 7.15. The summed E-state index contributed by atoms with van der Waals surface area (Å²) in [7, 11) is 1.54. The van der Waals surface area contributed by atoms with Crippen molar-refractivity contribution in [2.24, 2.45) is 0 Å². The molecule has 10 heteroatoms. The molecule has 1 amide bonds. The van der Waals surface area contributed by atoms with Crippen LogP contribution in [0.1, 0.15) is 21.7 Å². The smallest absolute Gasteiger partial charge is 0.253 e. The van der Waals surface area contributed by atoms with Crippen molar-refractivity contribution < 1.29 is 18.7 Å². The summed E-state index contributed by atoms with van der Waals surface area (Å²) in [6.45, 7) is 0.557. The number of pyridine rings is 2. The molecule has 0 saturated carbocycles. The average molecular weight is 494 g/mol. The van der Waals surface area contributed by atoms with Crippen LogP contribution < -0.4 is 20.2 Å². The van der Waals surface area contributed by atoms with Crippen molar-refractivity contribution in [3.05, 3.63) is 88.8 Å². The molecule has 0 spiro atoms. The van der Waals surface area contributed by atoms with Crippen LogP contribution in [0.3, 0.4) is 0 Å². The quantitative estimate of drug-likeness (QED) is 0.369. The highest BCUT2D eigenvalue weighted by Crippen LogP contribution is 2.37. The number of rotatable bonds is 7. The number of nitrogens with zero attached hydrogens (tertiary/aromatic N) is 3. The first-order chi connectivity index (χ1) is 17.0. The van der Waals surface area contributed by atoms with E-state index in [1.165, 1.54) is 6.07 Å². The van der Waals surface area contributed by atoms with Crippen LogP contribution in [0.5, 0.6) is 11.5 Å². The third-order valence-electron chi connectivity index (χ3n) is 5.61. The Labute approximate surface area is 205 Å². The lowest BCUT2D eigenvalue weighted by atomic mass is 10.1. The summed E-state index contributed by atoms with van der Waals surface area (Å²) >= 11 is 6.33. The molecule has 1 aromatic carbocycles. The molecule has 0 bridgehead atoms. The van der Waals surface area contributed by atoms with Crippen molar-refractivity contribution >= 4 is 23.2 Å². The Morgan fingerprint density at radius 1 is 1.20 bits per heavy atom. The first-order valence-electron chi connectivity index (χ1n) is 10.9. The third kappa shape index (κ3) is 4.50. The Hall–Kier alpha value is -4.11. The maximum atomic E-state index is 13.5. The summed E-state index contributed by atoms with van der Waals surface area (Å²) in [6, 6.07) is 13.5. The number of carbonyl (C=O) groups is 1. The lowest BCUT2D eigenvalue weighted by Crippen LogP contribution is -2.33. The van der Waals surface area contributed by atoms with Gasteiger partial charge in [-0.2, -0.15) is 4.39 Å². The van der Waals surface area contributed by atoms with E-state index in [0.29, 0.717) is 57.7 Å². The van der Waals surface area contributed by atoms with Gasteiger partial charge in [0.15, 0.2) is 5.75 Å². The summed E-state index contributed by atoms with van der Waals surface area (Å²) in [5, 5.41) is 3.33. The summed E-state index contributed by atoms with van der Waals surface area (Å²) < 4.78 is 26.8. The number of halogens is 2. The van der Waals surface area contributed by atoms with Crippen molar-refractivity contribution in [1.82, 2.24) is 20.0 Å². The van der Waals surface area contributed by atoms with Crippen LogP contribution >= 0.6 is 11.6 Å². The molecular weight excluding hydrogens is 473 g/mol. The molecule has 0 saturated heterocycles. The van der Waals surface area contributed by atoms with Crippen molar-refractivity contribution in [3.63, 3.8) is 0 Å². The van der Waals surface area contributed by atoms with E-state index >= 15 is 0 Å². The summed E-state index contributed by atoms with van der Waals surface area (Å²) in [6.07, 6.45) is 3.83. The Bertz CT molecular complexity index is 1410. The van der Waals surface area contributed by atoms with Crippen LogP contribution in [-0.4, -0.2) is 34.2 Å². The Balaban J connectivity index is 1.58. The van der Waals surface area contributed by atoms with Gasteiger partial charge in [-0.25, -0.2) is 4.98 Å². The fourth-order valence-electron chi connectivity index (χ4n) is 4.02. The van der Waals surface area contributed by atoms with Gasteiger partial charge in [0.2, 0.25) is 5.95 Å². The fraction of sp³-hybridized carbons (Fsp3) is 0.160. The van der Waals surface area contributed by atoms with Gasteiger partial charge in [-0.3, -0.25) is 19.9 Å². The van der Waals surface area contributed by atoms with Crippen molar-refractivity contribution in [3.8, 4) is 22.8 Å². The van der Waals surface area contributed by atoms with Crippen LogP contribution in [-0.2, 0) is 13.0 Å². The number of benzene rings is 1. The first-order valence-corrected chi connectivity index (χ1v) is 11.2. The van der Waals surface area contributed by atoms with Gasteiger partial charge >= 0.3 is 0 Å². The topological polar surface area (TPSA) is 90.3 Å². The number of fused-ring (bicyclic) bond motifs is 1. The fourth-order valence-corrected chi connectivity index (χ4v) is 4.27. The van der Waals surface area contributed by atoms with E-state index in [1.54, 1.807) is 49.8 Å².